The minimum Gasteiger partial charge on any atom is -0.486 e. The lowest BCUT2D eigenvalue weighted by atomic mass is 10.2. The van der Waals surface area contributed by atoms with Crippen LogP contribution < -0.4 is 14.8 Å². The van der Waals surface area contributed by atoms with Crippen LogP contribution in [0.1, 0.15) is 12.6 Å². The largest absolute Gasteiger partial charge is 0.486 e. The number of anilines is 2. The number of hydrogen-bond donors (Lipinski definition) is 1. The molecule has 0 aliphatic carbocycles. The number of nitrogens with zero attached hydrogens (tertiary/aromatic N) is 3. The van der Waals surface area contributed by atoms with Gasteiger partial charge >= 0.3 is 5.97 Å². The Kier molecular flexibility index (Phi) is 5.77. The Morgan fingerprint density at radius 1 is 1.09 bits per heavy atom. The van der Waals surface area contributed by atoms with Gasteiger partial charge in [0.15, 0.2) is 0 Å². The summed E-state index contributed by atoms with van der Waals surface area (Å²) in [7, 11) is 0. The van der Waals surface area contributed by atoms with Crippen LogP contribution >= 0.6 is 22.9 Å². The second-order valence-electron chi connectivity index (χ2n) is 7.14. The van der Waals surface area contributed by atoms with Crippen LogP contribution in [0.3, 0.4) is 0 Å². The van der Waals surface area contributed by atoms with Crippen molar-refractivity contribution in [2.45, 2.75) is 13.5 Å². The number of hydrogen-bond acceptors (Lipinski definition) is 8. The smallest absolute Gasteiger partial charge is 0.308 e. The number of halogens is 1. The number of rotatable bonds is 6. The predicted molar refractivity (Wildman–Crippen MR) is 130 cm³/mol. The molecular weight excluding hydrogens is 460 g/mol. The first-order valence-electron chi connectivity index (χ1n) is 10.0. The fraction of sp³-hybridized carbons (Fsp3) is 0.0833. The van der Waals surface area contributed by atoms with Gasteiger partial charge in [0.2, 0.25) is 0 Å². The van der Waals surface area contributed by atoms with E-state index in [-0.39, 0.29) is 5.97 Å². The third-order valence-corrected chi connectivity index (χ3v) is 6.16. The first kappa shape index (κ1) is 21.1. The fourth-order valence-electron chi connectivity index (χ4n) is 3.38. The first-order chi connectivity index (χ1) is 16.1. The number of thiophene rings is 1. The molecule has 0 amide bonds. The molecule has 3 aromatic heterocycles. The van der Waals surface area contributed by atoms with Crippen molar-refractivity contribution in [3.63, 3.8) is 0 Å². The number of aromatic nitrogens is 3. The number of fused-ring (bicyclic) bond motifs is 3. The molecule has 3 heterocycles. The number of pyridine rings is 1. The summed E-state index contributed by atoms with van der Waals surface area (Å²) in [5.74, 6) is 1.36. The summed E-state index contributed by atoms with van der Waals surface area (Å²) in [6.45, 7) is 1.71. The summed E-state index contributed by atoms with van der Waals surface area (Å²) in [6, 6.07) is 16.6. The van der Waals surface area contributed by atoms with Crippen molar-refractivity contribution in [3.05, 3.63) is 77.8 Å². The highest BCUT2D eigenvalue weighted by Crippen LogP contribution is 2.39. The van der Waals surface area contributed by atoms with Crippen LogP contribution in [0, 0.1) is 0 Å². The molecule has 0 bridgehead atoms. The molecule has 164 valence electrons. The van der Waals surface area contributed by atoms with E-state index in [4.69, 9.17) is 21.1 Å². The second-order valence-corrected chi connectivity index (χ2v) is 8.57. The fourth-order valence-corrected chi connectivity index (χ4v) is 4.69. The summed E-state index contributed by atoms with van der Waals surface area (Å²) in [5.41, 5.74) is 1.58. The van der Waals surface area contributed by atoms with Crippen molar-refractivity contribution in [3.8, 4) is 11.5 Å². The quantitative estimate of drug-likeness (QED) is 0.232. The summed E-state index contributed by atoms with van der Waals surface area (Å²) < 4.78 is 12.0. The van der Waals surface area contributed by atoms with Crippen molar-refractivity contribution in [1.29, 1.82) is 0 Å². The summed E-state index contributed by atoms with van der Waals surface area (Å²) in [4.78, 5) is 25.2. The number of esters is 1. The van der Waals surface area contributed by atoms with Crippen LogP contribution in [0.2, 0.25) is 5.02 Å². The molecule has 0 atom stereocenters. The van der Waals surface area contributed by atoms with E-state index in [1.807, 2.05) is 42.5 Å². The first-order valence-corrected chi connectivity index (χ1v) is 11.2. The number of nitrogens with one attached hydrogen (secondary N) is 1. The lowest BCUT2D eigenvalue weighted by Gasteiger charge is -2.11. The predicted octanol–water partition coefficient (Wildman–Crippen LogP) is 6.14. The van der Waals surface area contributed by atoms with E-state index in [1.54, 1.807) is 18.3 Å². The Bertz CT molecular complexity index is 1470. The molecule has 2 aromatic carbocycles. The summed E-state index contributed by atoms with van der Waals surface area (Å²) in [5, 5.41) is 5.66. The molecule has 0 saturated heterocycles. The molecule has 0 saturated carbocycles. The molecule has 33 heavy (non-hydrogen) atoms. The van der Waals surface area contributed by atoms with E-state index in [0.717, 1.165) is 31.7 Å². The van der Waals surface area contributed by atoms with Gasteiger partial charge in [-0.05, 0) is 48.5 Å². The molecule has 7 nitrogen and oxygen atoms in total. The van der Waals surface area contributed by atoms with Crippen LogP contribution in [0.4, 0.5) is 11.5 Å². The average molecular weight is 477 g/mol. The van der Waals surface area contributed by atoms with Crippen molar-refractivity contribution < 1.29 is 14.3 Å². The van der Waals surface area contributed by atoms with Gasteiger partial charge in [-0.3, -0.25) is 9.78 Å². The number of ether oxygens (including phenoxy) is 2. The molecule has 0 radical (unpaired) electrons. The van der Waals surface area contributed by atoms with Gasteiger partial charge in [0.05, 0.1) is 16.1 Å². The normalized spacial score (nSPS) is 11.0. The van der Waals surface area contributed by atoms with E-state index >= 15 is 0 Å². The van der Waals surface area contributed by atoms with Crippen molar-refractivity contribution in [2.75, 3.05) is 5.32 Å². The van der Waals surface area contributed by atoms with Crippen LogP contribution in [-0.2, 0) is 11.4 Å². The lowest BCUT2D eigenvalue weighted by Crippen LogP contribution is -2.00. The average Bonchev–Trinajstić information content (AvgIpc) is 3.17. The van der Waals surface area contributed by atoms with Gasteiger partial charge in [0.25, 0.3) is 0 Å². The summed E-state index contributed by atoms with van der Waals surface area (Å²) >= 11 is 7.96. The van der Waals surface area contributed by atoms with Crippen molar-refractivity contribution in [1.82, 2.24) is 15.0 Å². The van der Waals surface area contributed by atoms with E-state index in [9.17, 15) is 4.79 Å². The zero-order valence-corrected chi connectivity index (χ0v) is 19.0. The van der Waals surface area contributed by atoms with E-state index < -0.39 is 0 Å². The van der Waals surface area contributed by atoms with Crippen LogP contribution in [0.15, 0.2) is 67.1 Å². The van der Waals surface area contributed by atoms with Gasteiger partial charge in [-0.1, -0.05) is 17.7 Å². The van der Waals surface area contributed by atoms with Gasteiger partial charge in [-0.15, -0.1) is 11.3 Å². The van der Waals surface area contributed by atoms with E-state index in [1.165, 1.54) is 24.6 Å². The summed E-state index contributed by atoms with van der Waals surface area (Å²) in [6.07, 6.45) is 3.24. The molecule has 9 heteroatoms. The lowest BCUT2D eigenvalue weighted by molar-refractivity contribution is -0.131. The zero-order chi connectivity index (χ0) is 22.8. The maximum absolute atomic E-state index is 11.3. The Labute approximate surface area is 198 Å². The van der Waals surface area contributed by atoms with Gasteiger partial charge in [0, 0.05) is 28.9 Å². The Hall–Kier alpha value is -3.75. The SMILES string of the molecule is CC(=O)Oc1ccc2c(c1)sc1ncnc(Nc3ccc(OCc4ccccn4)c(Cl)c3)c12. The van der Waals surface area contributed by atoms with E-state index in [2.05, 4.69) is 20.3 Å². The minimum absolute atomic E-state index is 0.329. The third-order valence-electron chi connectivity index (χ3n) is 4.80. The number of carbonyl (C=O) groups is 1. The van der Waals surface area contributed by atoms with Crippen LogP contribution in [-0.4, -0.2) is 20.9 Å². The minimum atomic E-state index is -0.359. The van der Waals surface area contributed by atoms with Gasteiger partial charge in [-0.2, -0.15) is 0 Å². The molecule has 0 spiro atoms. The molecule has 5 rings (SSSR count). The van der Waals surface area contributed by atoms with Gasteiger partial charge < -0.3 is 14.8 Å². The zero-order valence-electron chi connectivity index (χ0n) is 17.4. The highest BCUT2D eigenvalue weighted by molar-refractivity contribution is 7.25. The molecule has 0 unspecified atom stereocenters. The number of carbonyl (C=O) groups excluding carboxylic acids is 1. The molecular formula is C24H17ClN4O3S. The Morgan fingerprint density at radius 2 is 2.00 bits per heavy atom. The third kappa shape index (κ3) is 4.57. The maximum atomic E-state index is 11.3. The standard InChI is InChI=1S/C24H17ClN4O3S/c1-14(30)32-17-6-7-18-21(11-17)33-24-22(18)23(27-13-28-24)29-15-5-8-20(19(25)10-15)31-12-16-4-2-3-9-26-16/h2-11,13H,12H2,1H3,(H,27,28,29). The second kappa shape index (κ2) is 9.01. The molecule has 1 N–H and O–H groups in total. The van der Waals surface area contributed by atoms with E-state index in [0.29, 0.717) is 28.9 Å². The van der Waals surface area contributed by atoms with Crippen molar-refractivity contribution in [2.24, 2.45) is 0 Å². The molecule has 0 fully saturated rings. The molecule has 5 aromatic rings. The van der Waals surface area contributed by atoms with Crippen LogP contribution in [0.25, 0.3) is 20.3 Å². The highest BCUT2D eigenvalue weighted by Gasteiger charge is 2.14. The van der Waals surface area contributed by atoms with Gasteiger partial charge in [-0.25, -0.2) is 9.97 Å². The molecule has 0 aliphatic heterocycles. The maximum Gasteiger partial charge on any atom is 0.308 e. The highest BCUT2D eigenvalue weighted by atomic mass is 35.5. The Morgan fingerprint density at radius 3 is 2.79 bits per heavy atom. The topological polar surface area (TPSA) is 86.2 Å². The monoisotopic (exact) mass is 476 g/mol. The van der Waals surface area contributed by atoms with Crippen LogP contribution in [0.5, 0.6) is 11.5 Å². The molecule has 0 aliphatic rings. The Balaban J connectivity index is 1.41. The van der Waals surface area contributed by atoms with Crippen molar-refractivity contribution >= 4 is 60.7 Å². The van der Waals surface area contributed by atoms with Gasteiger partial charge in [0.1, 0.15) is 35.1 Å². The number of benzene rings is 2.